The lowest BCUT2D eigenvalue weighted by molar-refractivity contribution is -0.173. The first-order chi connectivity index (χ1) is 6.93. The van der Waals surface area contributed by atoms with Gasteiger partial charge in [-0.15, -0.1) is 0 Å². The van der Waals surface area contributed by atoms with Crippen LogP contribution in [0.4, 0.5) is 13.2 Å². The molecule has 0 aromatic carbocycles. The number of rotatable bonds is 1. The molecule has 1 saturated heterocycles. The van der Waals surface area contributed by atoms with E-state index in [1.165, 1.54) is 0 Å². The van der Waals surface area contributed by atoms with Crippen molar-refractivity contribution in [3.63, 3.8) is 0 Å². The highest BCUT2D eigenvalue weighted by atomic mass is 19.4. The third kappa shape index (κ3) is 1.27. The predicted octanol–water partition coefficient (Wildman–Crippen LogP) is 0.415. The van der Waals surface area contributed by atoms with Crippen molar-refractivity contribution >= 4 is 5.91 Å². The van der Waals surface area contributed by atoms with E-state index >= 15 is 0 Å². The zero-order chi connectivity index (χ0) is 10.8. The van der Waals surface area contributed by atoms with Crippen molar-refractivity contribution in [3.05, 3.63) is 0 Å². The Morgan fingerprint density at radius 2 is 2.20 bits per heavy atom. The fourth-order valence-corrected chi connectivity index (χ4v) is 2.86. The van der Waals surface area contributed by atoms with Gasteiger partial charge in [0.25, 0.3) is 0 Å². The van der Waals surface area contributed by atoms with Crippen LogP contribution in [0, 0.1) is 11.8 Å². The van der Waals surface area contributed by atoms with Crippen molar-refractivity contribution in [1.82, 2.24) is 10.6 Å². The van der Waals surface area contributed by atoms with Crippen LogP contribution >= 0.6 is 0 Å². The van der Waals surface area contributed by atoms with E-state index < -0.39 is 12.1 Å². The molecule has 1 spiro atoms. The van der Waals surface area contributed by atoms with E-state index in [-0.39, 0.29) is 11.6 Å². The van der Waals surface area contributed by atoms with Crippen LogP contribution in [0.15, 0.2) is 0 Å². The van der Waals surface area contributed by atoms with Crippen LogP contribution in [-0.2, 0) is 4.79 Å². The van der Waals surface area contributed by atoms with E-state index in [0.717, 1.165) is 13.0 Å². The average molecular weight is 220 g/mol. The molecule has 1 unspecified atom stereocenters. The number of nitrogens with one attached hydrogen (secondary N) is 2. The minimum absolute atomic E-state index is 0.189. The van der Waals surface area contributed by atoms with Crippen molar-refractivity contribution in [3.8, 4) is 0 Å². The Hall–Kier alpha value is -0.780. The van der Waals surface area contributed by atoms with E-state index in [1.807, 2.05) is 0 Å². The molecule has 6 heteroatoms. The van der Waals surface area contributed by atoms with Crippen molar-refractivity contribution in [1.29, 1.82) is 0 Å². The predicted molar refractivity (Wildman–Crippen MR) is 44.9 cm³/mol. The zero-order valence-corrected chi connectivity index (χ0v) is 7.90. The molecule has 0 bridgehead atoms. The average Bonchev–Trinajstić information content (AvgIpc) is 2.95. The molecule has 0 radical (unpaired) electrons. The lowest BCUT2D eigenvalue weighted by atomic mass is 10.1. The number of piperidine rings is 1. The third-order valence-corrected chi connectivity index (χ3v) is 3.84. The molecule has 3 fully saturated rings. The fourth-order valence-electron chi connectivity index (χ4n) is 2.86. The van der Waals surface area contributed by atoms with Gasteiger partial charge in [-0.25, -0.2) is 0 Å². The summed E-state index contributed by atoms with van der Waals surface area (Å²) in [5, 5.41) is 5.29. The zero-order valence-electron chi connectivity index (χ0n) is 7.90. The molecule has 15 heavy (non-hydrogen) atoms. The molecule has 84 valence electrons. The summed E-state index contributed by atoms with van der Waals surface area (Å²) >= 11 is 0. The smallest absolute Gasteiger partial charge is 0.344 e. The van der Waals surface area contributed by atoms with Gasteiger partial charge >= 0.3 is 12.1 Å². The number of alkyl halides is 3. The Morgan fingerprint density at radius 3 is 2.67 bits per heavy atom. The second-order valence-corrected chi connectivity index (χ2v) is 4.75. The van der Waals surface area contributed by atoms with Crippen molar-refractivity contribution in [2.24, 2.45) is 11.8 Å². The topological polar surface area (TPSA) is 41.1 Å². The Bertz CT molecular complexity index is 330. The van der Waals surface area contributed by atoms with Gasteiger partial charge in [0, 0.05) is 11.6 Å². The number of hydrogen-bond acceptors (Lipinski definition) is 2. The summed E-state index contributed by atoms with van der Waals surface area (Å²) in [5.41, 5.74) is -0.189. The molecular formula is C9H11F3N2O. The van der Waals surface area contributed by atoms with Crippen LogP contribution in [0.3, 0.4) is 0 Å². The lowest BCUT2D eigenvalue weighted by Gasteiger charge is -2.14. The van der Waals surface area contributed by atoms with E-state index in [1.54, 1.807) is 0 Å². The summed E-state index contributed by atoms with van der Waals surface area (Å²) < 4.78 is 36.0. The SMILES string of the molecule is O=C(N[C@H]1CC12NC[C@H]1C[C@H]12)C(F)(F)F. The van der Waals surface area contributed by atoms with Gasteiger partial charge in [0.05, 0.1) is 0 Å². The molecule has 2 aliphatic carbocycles. The molecule has 3 rings (SSSR count). The maximum Gasteiger partial charge on any atom is 0.471 e. The molecule has 2 saturated carbocycles. The quantitative estimate of drug-likeness (QED) is 0.672. The summed E-state index contributed by atoms with van der Waals surface area (Å²) in [7, 11) is 0. The number of halogens is 3. The van der Waals surface area contributed by atoms with Crippen LogP contribution in [0.1, 0.15) is 12.8 Å². The van der Waals surface area contributed by atoms with Crippen molar-refractivity contribution < 1.29 is 18.0 Å². The fraction of sp³-hybridized carbons (Fsp3) is 0.889. The molecule has 1 heterocycles. The second-order valence-electron chi connectivity index (χ2n) is 4.75. The number of fused-ring (bicyclic) bond motifs is 2. The Kier molecular flexibility index (Phi) is 1.56. The molecule has 2 N–H and O–H groups in total. The number of hydrogen-bond donors (Lipinski definition) is 2. The first-order valence-electron chi connectivity index (χ1n) is 5.06. The summed E-state index contributed by atoms with van der Waals surface area (Å²) in [6.07, 6.45) is -3.01. The molecule has 1 aliphatic heterocycles. The Morgan fingerprint density at radius 1 is 1.47 bits per heavy atom. The molecule has 0 aromatic rings. The highest BCUT2D eigenvalue weighted by molar-refractivity contribution is 5.82. The van der Waals surface area contributed by atoms with Gasteiger partial charge in [-0.05, 0) is 31.2 Å². The van der Waals surface area contributed by atoms with E-state index in [9.17, 15) is 18.0 Å². The highest BCUT2D eigenvalue weighted by Crippen LogP contribution is 2.61. The Labute approximate surface area is 84.4 Å². The summed E-state index contributed by atoms with van der Waals surface area (Å²) in [5.74, 6) is -0.677. The van der Waals surface area contributed by atoms with E-state index in [4.69, 9.17) is 0 Å². The van der Waals surface area contributed by atoms with Crippen LogP contribution in [0.25, 0.3) is 0 Å². The monoisotopic (exact) mass is 220 g/mol. The standard InChI is InChI=1S/C9H11F3N2O/c10-9(11,12)7(15)14-6-2-8(6)5-1-4(5)3-13-8/h4-6,13H,1-3H2,(H,14,15)/t4-,5-,6+,8?/m1/s1. The van der Waals surface area contributed by atoms with Crippen LogP contribution < -0.4 is 10.6 Å². The normalized spacial score (nSPS) is 46.5. The number of carbonyl (C=O) groups is 1. The summed E-state index contributed by atoms with van der Waals surface area (Å²) in [6.45, 7) is 0.892. The lowest BCUT2D eigenvalue weighted by Crippen LogP contribution is -2.44. The minimum atomic E-state index is -4.76. The summed E-state index contributed by atoms with van der Waals surface area (Å²) in [6, 6.07) is -0.316. The van der Waals surface area contributed by atoms with Gasteiger partial charge in [0.2, 0.25) is 0 Å². The van der Waals surface area contributed by atoms with E-state index in [2.05, 4.69) is 10.6 Å². The van der Waals surface area contributed by atoms with Crippen molar-refractivity contribution in [2.45, 2.75) is 30.6 Å². The van der Waals surface area contributed by atoms with Gasteiger partial charge in [0.1, 0.15) is 0 Å². The maximum atomic E-state index is 12.0. The molecule has 4 atom stereocenters. The van der Waals surface area contributed by atoms with E-state index in [0.29, 0.717) is 18.3 Å². The van der Waals surface area contributed by atoms with Crippen molar-refractivity contribution in [2.75, 3.05) is 6.54 Å². The van der Waals surface area contributed by atoms with Gasteiger partial charge < -0.3 is 10.6 Å². The van der Waals surface area contributed by atoms with Gasteiger partial charge in [-0.2, -0.15) is 13.2 Å². The molecular weight excluding hydrogens is 209 g/mol. The highest BCUT2D eigenvalue weighted by Gasteiger charge is 2.70. The van der Waals surface area contributed by atoms with Crippen LogP contribution in [-0.4, -0.2) is 30.2 Å². The third-order valence-electron chi connectivity index (χ3n) is 3.84. The molecule has 1 amide bonds. The number of amides is 1. The molecule has 0 aromatic heterocycles. The summed E-state index contributed by atoms with van der Waals surface area (Å²) in [4.78, 5) is 10.7. The second kappa shape index (κ2) is 2.48. The maximum absolute atomic E-state index is 12.0. The van der Waals surface area contributed by atoms with Gasteiger partial charge in [-0.1, -0.05) is 0 Å². The molecule has 3 nitrogen and oxygen atoms in total. The van der Waals surface area contributed by atoms with Gasteiger partial charge in [-0.3, -0.25) is 4.79 Å². The Balaban J connectivity index is 1.61. The van der Waals surface area contributed by atoms with Crippen LogP contribution in [0.2, 0.25) is 0 Å². The van der Waals surface area contributed by atoms with Gasteiger partial charge in [0.15, 0.2) is 0 Å². The first-order valence-corrected chi connectivity index (χ1v) is 5.06. The van der Waals surface area contributed by atoms with Crippen LogP contribution in [0.5, 0.6) is 0 Å². The molecule has 3 aliphatic rings. The minimum Gasteiger partial charge on any atom is -0.344 e. The largest absolute Gasteiger partial charge is 0.471 e. The first kappa shape index (κ1) is 9.45. The number of carbonyl (C=O) groups excluding carboxylic acids is 1.